The van der Waals surface area contributed by atoms with Crippen LogP contribution >= 0.6 is 0 Å². The first-order valence-electron chi connectivity index (χ1n) is 12.2. The molecule has 0 atom stereocenters. The van der Waals surface area contributed by atoms with Crippen LogP contribution in [-0.4, -0.2) is 17.0 Å². The van der Waals surface area contributed by atoms with Gasteiger partial charge in [-0.2, -0.15) is 0 Å². The summed E-state index contributed by atoms with van der Waals surface area (Å²) < 4.78 is 6.17. The lowest BCUT2D eigenvalue weighted by Crippen LogP contribution is -2.27. The Morgan fingerprint density at radius 2 is 1.61 bits per heavy atom. The molecule has 0 bridgehead atoms. The summed E-state index contributed by atoms with van der Waals surface area (Å²) in [7, 11) is 0. The molecular weight excluding hydrogens is 414 g/mol. The largest absolute Gasteiger partial charge is 0.477 e. The maximum Gasteiger partial charge on any atom is 0.352 e. The molecule has 5 heteroatoms. The van der Waals surface area contributed by atoms with Crippen LogP contribution < -0.4 is 10.1 Å². The second-order valence-corrected chi connectivity index (χ2v) is 9.29. The molecule has 174 valence electrons. The van der Waals surface area contributed by atoms with Crippen LogP contribution in [-0.2, 0) is 9.59 Å². The third-order valence-corrected chi connectivity index (χ3v) is 6.89. The Bertz CT molecular complexity index is 983. The third kappa shape index (κ3) is 6.47. The van der Waals surface area contributed by atoms with Crippen molar-refractivity contribution in [2.45, 2.75) is 70.1 Å². The Kier molecular flexibility index (Phi) is 7.82. The van der Waals surface area contributed by atoms with Gasteiger partial charge in [-0.25, -0.2) is 4.79 Å². The highest BCUT2D eigenvalue weighted by Gasteiger charge is 2.21. The first-order valence-corrected chi connectivity index (χ1v) is 12.2. The van der Waals surface area contributed by atoms with Gasteiger partial charge in [-0.15, -0.1) is 0 Å². The minimum absolute atomic E-state index is 0.105. The molecule has 2 saturated carbocycles. The highest BCUT2D eigenvalue weighted by Crippen LogP contribution is 2.40. The number of rotatable bonds is 9. The fraction of sp³-hybridized carbons (Fsp3) is 0.429. The summed E-state index contributed by atoms with van der Waals surface area (Å²) >= 11 is 0. The van der Waals surface area contributed by atoms with Gasteiger partial charge in [0, 0.05) is 6.42 Å². The Hall–Kier alpha value is -3.08. The van der Waals surface area contributed by atoms with E-state index in [9.17, 15) is 14.7 Å². The van der Waals surface area contributed by atoms with Crippen LogP contribution in [0.4, 0.5) is 0 Å². The van der Waals surface area contributed by atoms with Crippen LogP contribution in [0.25, 0.3) is 6.08 Å². The highest BCUT2D eigenvalue weighted by atomic mass is 16.5. The van der Waals surface area contributed by atoms with Crippen molar-refractivity contribution in [2.75, 3.05) is 0 Å². The van der Waals surface area contributed by atoms with Crippen LogP contribution in [0.3, 0.4) is 0 Å². The van der Waals surface area contributed by atoms with Gasteiger partial charge in [-0.1, -0.05) is 68.9 Å². The maximum absolute atomic E-state index is 12.3. The summed E-state index contributed by atoms with van der Waals surface area (Å²) in [5.41, 5.74) is 1.85. The van der Waals surface area contributed by atoms with Gasteiger partial charge in [0.2, 0.25) is 5.91 Å². The molecule has 2 aromatic carbocycles. The maximum atomic E-state index is 12.3. The minimum Gasteiger partial charge on any atom is -0.477 e. The number of hydrogen-bond acceptors (Lipinski definition) is 3. The number of benzene rings is 2. The van der Waals surface area contributed by atoms with Crippen LogP contribution in [0.15, 0.2) is 54.2 Å². The van der Waals surface area contributed by atoms with E-state index in [1.807, 2.05) is 24.3 Å². The number of carboxylic acid groups (broad SMARTS) is 1. The average molecular weight is 448 g/mol. The molecule has 0 heterocycles. The first-order chi connectivity index (χ1) is 16.1. The number of aliphatic carboxylic acids is 1. The van der Waals surface area contributed by atoms with Crippen LogP contribution in [0, 0.1) is 5.92 Å². The molecule has 1 amide bonds. The summed E-state index contributed by atoms with van der Waals surface area (Å²) in [6, 6.07) is 15.5. The summed E-state index contributed by atoms with van der Waals surface area (Å²) in [6.07, 6.45) is 12.4. The van der Waals surface area contributed by atoms with Crippen molar-refractivity contribution in [3.8, 4) is 11.5 Å². The molecule has 5 nitrogen and oxygen atoms in total. The second-order valence-electron chi connectivity index (χ2n) is 9.29. The quantitative estimate of drug-likeness (QED) is 0.422. The van der Waals surface area contributed by atoms with E-state index in [1.165, 1.54) is 63.0 Å². The molecule has 2 aromatic rings. The van der Waals surface area contributed by atoms with E-state index < -0.39 is 5.97 Å². The van der Waals surface area contributed by atoms with Gasteiger partial charge in [-0.05, 0) is 66.5 Å². The SMILES string of the molecule is O=C(CCC1CCCC1)N/C(=C\c1ccc(Oc2ccccc2C2CCCC2)cc1)C(=O)O. The number of carbonyl (C=O) groups excluding carboxylic acids is 1. The average Bonchev–Trinajstić information content (AvgIpc) is 3.53. The normalized spacial score (nSPS) is 17.3. The zero-order valence-corrected chi connectivity index (χ0v) is 19.1. The summed E-state index contributed by atoms with van der Waals surface area (Å²) in [5, 5.41) is 12.1. The summed E-state index contributed by atoms with van der Waals surface area (Å²) in [5.74, 6) is 1.36. The van der Waals surface area contributed by atoms with E-state index in [0.717, 1.165) is 12.2 Å². The molecule has 2 aliphatic rings. The Labute approximate surface area is 195 Å². The van der Waals surface area contributed by atoms with Gasteiger partial charge in [0.25, 0.3) is 0 Å². The van der Waals surface area contributed by atoms with Crippen molar-refractivity contribution < 1.29 is 19.4 Å². The van der Waals surface area contributed by atoms with Crippen molar-refractivity contribution in [2.24, 2.45) is 5.92 Å². The van der Waals surface area contributed by atoms with Crippen LogP contribution in [0.2, 0.25) is 0 Å². The number of carbonyl (C=O) groups is 2. The second kappa shape index (κ2) is 11.2. The first kappa shape index (κ1) is 23.1. The van der Waals surface area contributed by atoms with E-state index in [-0.39, 0.29) is 11.6 Å². The number of amides is 1. The van der Waals surface area contributed by atoms with E-state index in [4.69, 9.17) is 4.74 Å². The van der Waals surface area contributed by atoms with Crippen LogP contribution in [0.1, 0.15) is 81.3 Å². The van der Waals surface area contributed by atoms with E-state index in [2.05, 4.69) is 17.4 Å². The molecule has 0 unspecified atom stereocenters. The number of carboxylic acids is 1. The summed E-state index contributed by atoms with van der Waals surface area (Å²) in [4.78, 5) is 23.9. The Balaban J connectivity index is 1.39. The van der Waals surface area contributed by atoms with Gasteiger partial charge in [0.05, 0.1) is 0 Å². The predicted molar refractivity (Wildman–Crippen MR) is 129 cm³/mol. The molecule has 0 saturated heterocycles. The van der Waals surface area contributed by atoms with Crippen molar-refractivity contribution in [1.82, 2.24) is 5.32 Å². The van der Waals surface area contributed by atoms with Crippen molar-refractivity contribution in [3.63, 3.8) is 0 Å². The Morgan fingerprint density at radius 1 is 0.939 bits per heavy atom. The Morgan fingerprint density at radius 3 is 2.30 bits per heavy atom. The van der Waals surface area contributed by atoms with Gasteiger partial charge < -0.3 is 15.2 Å². The number of ether oxygens (including phenoxy) is 1. The zero-order chi connectivity index (χ0) is 23.0. The summed E-state index contributed by atoms with van der Waals surface area (Å²) in [6.45, 7) is 0. The fourth-order valence-electron chi connectivity index (χ4n) is 5.07. The molecule has 4 rings (SSSR count). The molecule has 33 heavy (non-hydrogen) atoms. The van der Waals surface area contributed by atoms with Gasteiger partial charge in [0.1, 0.15) is 17.2 Å². The lowest BCUT2D eigenvalue weighted by Gasteiger charge is -2.16. The minimum atomic E-state index is -1.14. The van der Waals surface area contributed by atoms with E-state index >= 15 is 0 Å². The highest BCUT2D eigenvalue weighted by molar-refractivity contribution is 5.96. The van der Waals surface area contributed by atoms with Gasteiger partial charge in [-0.3, -0.25) is 4.79 Å². The lowest BCUT2D eigenvalue weighted by atomic mass is 9.97. The smallest absolute Gasteiger partial charge is 0.352 e. The molecule has 0 spiro atoms. The molecular formula is C28H33NO4. The van der Waals surface area contributed by atoms with E-state index in [0.29, 0.717) is 29.6 Å². The van der Waals surface area contributed by atoms with Crippen molar-refractivity contribution >= 4 is 18.0 Å². The standard InChI is InChI=1S/C28H33NO4/c30-27(18-15-20-7-1-2-8-20)29-25(28(31)32)19-21-13-16-23(17-14-21)33-26-12-6-5-11-24(26)22-9-3-4-10-22/h5-6,11-14,16-17,19-20,22H,1-4,7-10,15,18H2,(H,29,30)(H,31,32)/b25-19-. The molecule has 2 N–H and O–H groups in total. The number of hydrogen-bond donors (Lipinski definition) is 2. The van der Waals surface area contributed by atoms with Gasteiger partial charge >= 0.3 is 5.97 Å². The zero-order valence-electron chi connectivity index (χ0n) is 19.1. The molecule has 0 radical (unpaired) electrons. The molecule has 2 fully saturated rings. The molecule has 0 aromatic heterocycles. The van der Waals surface area contributed by atoms with Crippen molar-refractivity contribution in [1.29, 1.82) is 0 Å². The van der Waals surface area contributed by atoms with Crippen molar-refractivity contribution in [3.05, 3.63) is 65.4 Å². The fourth-order valence-corrected chi connectivity index (χ4v) is 5.07. The monoisotopic (exact) mass is 447 g/mol. The molecule has 2 aliphatic carbocycles. The molecule has 0 aliphatic heterocycles. The number of nitrogens with one attached hydrogen (secondary N) is 1. The predicted octanol–water partition coefficient (Wildman–Crippen LogP) is 6.65. The van der Waals surface area contributed by atoms with E-state index in [1.54, 1.807) is 12.1 Å². The lowest BCUT2D eigenvalue weighted by molar-refractivity contribution is -0.134. The van der Waals surface area contributed by atoms with Crippen LogP contribution in [0.5, 0.6) is 11.5 Å². The topological polar surface area (TPSA) is 75.6 Å². The van der Waals surface area contributed by atoms with Gasteiger partial charge in [0.15, 0.2) is 0 Å². The number of para-hydroxylation sites is 1. The third-order valence-electron chi connectivity index (χ3n) is 6.89.